The molecule has 0 aromatic carbocycles. The van der Waals surface area contributed by atoms with Gasteiger partial charge in [0.05, 0.1) is 0 Å². The van der Waals surface area contributed by atoms with Crippen molar-refractivity contribution in [1.82, 2.24) is 19.9 Å². The number of aromatic amines is 1. The van der Waals surface area contributed by atoms with Crippen molar-refractivity contribution in [2.75, 3.05) is 18.4 Å². The number of allylic oxidation sites excluding steroid dienone is 1. The summed E-state index contributed by atoms with van der Waals surface area (Å²) in [6.07, 6.45) is 12.8. The van der Waals surface area contributed by atoms with E-state index in [0.717, 1.165) is 36.2 Å². The third-order valence-corrected chi connectivity index (χ3v) is 5.32. The molecular weight excluding hydrogens is 390 g/mol. The highest BCUT2D eigenvalue weighted by molar-refractivity contribution is 5.87. The fraction of sp³-hybridized carbons (Fsp3) is 0.250. The van der Waals surface area contributed by atoms with Crippen LogP contribution < -0.4 is 10.9 Å². The van der Waals surface area contributed by atoms with Crippen LogP contribution in [0.15, 0.2) is 78.1 Å². The Labute approximate surface area is 180 Å². The lowest BCUT2D eigenvalue weighted by Crippen LogP contribution is -2.45. The summed E-state index contributed by atoms with van der Waals surface area (Å²) in [5, 5.41) is 3.34. The Balaban J connectivity index is 1.39. The fourth-order valence-corrected chi connectivity index (χ4v) is 3.72. The Morgan fingerprint density at radius 2 is 2.06 bits per heavy atom. The van der Waals surface area contributed by atoms with E-state index in [4.69, 9.17) is 0 Å². The zero-order valence-electron chi connectivity index (χ0n) is 17.2. The van der Waals surface area contributed by atoms with Crippen LogP contribution in [0, 0.1) is 0 Å². The van der Waals surface area contributed by atoms with Crippen molar-refractivity contribution in [1.29, 1.82) is 0 Å². The molecule has 1 amide bonds. The van der Waals surface area contributed by atoms with Crippen molar-refractivity contribution in [3.05, 3.63) is 89.4 Å². The first-order valence-corrected chi connectivity index (χ1v) is 10.4. The molecule has 0 saturated carbocycles. The number of likely N-dealkylation sites (tertiary alicyclic amines) is 1. The average Bonchev–Trinajstić information content (AvgIpc) is 2.82. The van der Waals surface area contributed by atoms with Gasteiger partial charge in [-0.05, 0) is 54.8 Å². The molecule has 3 aromatic rings. The first-order valence-electron chi connectivity index (χ1n) is 10.4. The Hall–Kier alpha value is -3.74. The van der Waals surface area contributed by atoms with Crippen molar-refractivity contribution in [2.45, 2.75) is 25.3 Å². The quantitative estimate of drug-likeness (QED) is 0.604. The van der Waals surface area contributed by atoms with Crippen LogP contribution in [0.1, 0.15) is 18.5 Å². The highest BCUT2D eigenvalue weighted by atomic mass is 16.2. The summed E-state index contributed by atoms with van der Waals surface area (Å²) in [7, 11) is 0. The highest BCUT2D eigenvalue weighted by Crippen LogP contribution is 2.20. The molecule has 158 valence electrons. The lowest BCUT2D eigenvalue weighted by atomic mass is 10.0. The number of nitrogens with zero attached hydrogens (tertiary/aromatic N) is 3. The number of nitrogens with one attached hydrogen (secondary N) is 2. The summed E-state index contributed by atoms with van der Waals surface area (Å²) in [5.41, 5.74) is 3.16. The van der Waals surface area contributed by atoms with Crippen LogP contribution in [0.3, 0.4) is 0 Å². The van der Waals surface area contributed by atoms with Crippen LogP contribution in [-0.2, 0) is 11.2 Å². The Morgan fingerprint density at radius 3 is 2.87 bits per heavy atom. The summed E-state index contributed by atoms with van der Waals surface area (Å²) in [6.45, 7) is 1.28. The van der Waals surface area contributed by atoms with Crippen molar-refractivity contribution in [3.63, 3.8) is 0 Å². The predicted octanol–water partition coefficient (Wildman–Crippen LogP) is 3.03. The summed E-state index contributed by atoms with van der Waals surface area (Å²) < 4.78 is 0. The molecule has 1 atom stereocenters. The maximum absolute atomic E-state index is 12.6. The third kappa shape index (κ3) is 5.45. The van der Waals surface area contributed by atoms with Crippen LogP contribution in [-0.4, -0.2) is 44.9 Å². The second-order valence-corrected chi connectivity index (χ2v) is 7.56. The molecule has 0 bridgehead atoms. The van der Waals surface area contributed by atoms with Crippen LogP contribution in [0.2, 0.25) is 0 Å². The van der Waals surface area contributed by atoms with Crippen LogP contribution >= 0.6 is 0 Å². The minimum atomic E-state index is -0.170. The predicted molar refractivity (Wildman–Crippen MR) is 121 cm³/mol. The molecule has 1 saturated heterocycles. The number of anilines is 1. The van der Waals surface area contributed by atoms with E-state index in [2.05, 4.69) is 20.3 Å². The average molecular weight is 415 g/mol. The molecule has 3 aromatic heterocycles. The van der Waals surface area contributed by atoms with Gasteiger partial charge in [-0.3, -0.25) is 19.6 Å². The van der Waals surface area contributed by atoms with Gasteiger partial charge in [-0.15, -0.1) is 0 Å². The van der Waals surface area contributed by atoms with E-state index in [1.807, 2.05) is 47.4 Å². The lowest BCUT2D eigenvalue weighted by Gasteiger charge is -2.33. The van der Waals surface area contributed by atoms with Gasteiger partial charge in [0, 0.05) is 61.6 Å². The van der Waals surface area contributed by atoms with Crippen molar-refractivity contribution >= 4 is 11.6 Å². The molecule has 2 N–H and O–H groups in total. The number of aromatic nitrogens is 3. The molecule has 0 radical (unpaired) electrons. The molecule has 31 heavy (non-hydrogen) atoms. The molecule has 4 heterocycles. The standard InChI is InChI=1S/C24H25N5O2/c30-23(8-3-6-20-5-1-2-11-26-20)29-14-4-7-21(17-29)28-22-15-19(16-27-24(22)31)18-9-12-25-13-10-18/h1-3,5,8-13,15-16,21,28H,4,6-7,14,17H2,(H,27,31)/b8-3+. The van der Waals surface area contributed by atoms with Gasteiger partial charge in [0.2, 0.25) is 5.91 Å². The number of H-pyrrole nitrogens is 1. The fourth-order valence-electron chi connectivity index (χ4n) is 3.72. The number of pyridine rings is 3. The molecule has 1 fully saturated rings. The second-order valence-electron chi connectivity index (χ2n) is 7.56. The van der Waals surface area contributed by atoms with E-state index in [9.17, 15) is 9.59 Å². The Morgan fingerprint density at radius 1 is 1.19 bits per heavy atom. The maximum Gasteiger partial charge on any atom is 0.271 e. The zero-order valence-corrected chi connectivity index (χ0v) is 17.2. The van der Waals surface area contributed by atoms with Crippen molar-refractivity contribution < 1.29 is 4.79 Å². The van der Waals surface area contributed by atoms with Gasteiger partial charge in [0.25, 0.3) is 5.56 Å². The smallest absolute Gasteiger partial charge is 0.271 e. The van der Waals surface area contributed by atoms with E-state index in [0.29, 0.717) is 18.7 Å². The topological polar surface area (TPSA) is 91.0 Å². The molecule has 7 nitrogen and oxygen atoms in total. The number of hydrogen-bond donors (Lipinski definition) is 2. The number of carbonyl (C=O) groups is 1. The van der Waals surface area contributed by atoms with Gasteiger partial charge in [-0.25, -0.2) is 0 Å². The van der Waals surface area contributed by atoms with E-state index < -0.39 is 0 Å². The molecule has 0 spiro atoms. The minimum absolute atomic E-state index is 0.0122. The molecule has 1 unspecified atom stereocenters. The van der Waals surface area contributed by atoms with E-state index >= 15 is 0 Å². The Bertz CT molecular complexity index is 1100. The number of rotatable bonds is 6. The van der Waals surface area contributed by atoms with Crippen LogP contribution in [0.4, 0.5) is 5.69 Å². The van der Waals surface area contributed by atoms with Crippen LogP contribution in [0.25, 0.3) is 11.1 Å². The van der Waals surface area contributed by atoms with E-state index in [1.54, 1.807) is 30.9 Å². The summed E-state index contributed by atoms with van der Waals surface area (Å²) in [4.78, 5) is 37.9. The third-order valence-electron chi connectivity index (χ3n) is 5.32. The summed E-state index contributed by atoms with van der Waals surface area (Å²) >= 11 is 0. The molecule has 7 heteroatoms. The number of hydrogen-bond acceptors (Lipinski definition) is 5. The molecule has 1 aliphatic heterocycles. The largest absolute Gasteiger partial charge is 0.376 e. The SMILES string of the molecule is O=C(/C=C/Cc1ccccn1)N1CCCC(Nc2cc(-c3ccncc3)c[nH]c2=O)C1. The van der Waals surface area contributed by atoms with E-state index in [-0.39, 0.29) is 17.5 Å². The van der Waals surface area contributed by atoms with Gasteiger partial charge in [0.15, 0.2) is 0 Å². The second kappa shape index (κ2) is 9.84. The lowest BCUT2D eigenvalue weighted by molar-refractivity contribution is -0.127. The number of carbonyl (C=O) groups excluding carboxylic acids is 1. The Kier molecular flexibility index (Phi) is 6.52. The molecule has 1 aliphatic rings. The molecule has 4 rings (SSSR count). The monoisotopic (exact) mass is 415 g/mol. The van der Waals surface area contributed by atoms with Gasteiger partial charge >= 0.3 is 0 Å². The van der Waals surface area contributed by atoms with Crippen molar-refractivity contribution in [3.8, 4) is 11.1 Å². The highest BCUT2D eigenvalue weighted by Gasteiger charge is 2.23. The minimum Gasteiger partial charge on any atom is -0.376 e. The van der Waals surface area contributed by atoms with Gasteiger partial charge in [-0.1, -0.05) is 12.1 Å². The molecule has 0 aliphatic carbocycles. The zero-order chi connectivity index (χ0) is 21.5. The normalized spacial score (nSPS) is 16.4. The number of amides is 1. The van der Waals surface area contributed by atoms with Gasteiger partial charge in [-0.2, -0.15) is 0 Å². The van der Waals surface area contributed by atoms with Crippen LogP contribution in [0.5, 0.6) is 0 Å². The maximum atomic E-state index is 12.6. The number of piperidine rings is 1. The summed E-state index contributed by atoms with van der Waals surface area (Å²) in [6, 6.07) is 11.4. The first kappa shape index (κ1) is 20.5. The van der Waals surface area contributed by atoms with Gasteiger partial charge < -0.3 is 15.2 Å². The first-order chi connectivity index (χ1) is 15.2. The molecular formula is C24H25N5O2. The van der Waals surface area contributed by atoms with Gasteiger partial charge in [0.1, 0.15) is 5.69 Å². The summed E-state index contributed by atoms with van der Waals surface area (Å²) in [5.74, 6) is -0.0122. The van der Waals surface area contributed by atoms with E-state index in [1.165, 1.54) is 0 Å². The van der Waals surface area contributed by atoms with Crippen molar-refractivity contribution in [2.24, 2.45) is 0 Å².